The number of benzene rings is 1. The van der Waals surface area contributed by atoms with E-state index in [-0.39, 0.29) is 0 Å². The van der Waals surface area contributed by atoms with Crippen LogP contribution in [0.15, 0.2) is 30.6 Å². The first-order valence-corrected chi connectivity index (χ1v) is 7.25. The monoisotopic (exact) mass is 292 g/mol. The Kier molecular flexibility index (Phi) is 5.15. The Morgan fingerprint density at radius 1 is 1.25 bits per heavy atom. The van der Waals surface area contributed by atoms with Gasteiger partial charge >= 0.3 is 0 Å². The summed E-state index contributed by atoms with van der Waals surface area (Å²) in [5, 5.41) is 8.40. The van der Waals surface area contributed by atoms with Gasteiger partial charge in [-0.25, -0.2) is 4.98 Å². The predicted molar refractivity (Wildman–Crippen MR) is 82.0 cm³/mol. The fraction of sp³-hybridized carbons (Fsp3) is 0.467. The lowest BCUT2D eigenvalue weighted by Crippen LogP contribution is -2.29. The van der Waals surface area contributed by atoms with Crippen LogP contribution in [0.5, 0.6) is 0 Å². The maximum Gasteiger partial charge on any atom is 0.138 e. The molecule has 1 aromatic heterocycles. The van der Waals surface area contributed by atoms with Crippen LogP contribution < -0.4 is 5.32 Å². The van der Waals surface area contributed by atoms with Gasteiger partial charge in [0.2, 0.25) is 0 Å². The van der Waals surface area contributed by atoms with E-state index in [2.05, 4.69) is 41.4 Å². The minimum Gasteiger partial charge on any atom is -0.314 e. The molecule has 5 heteroatoms. The van der Waals surface area contributed by atoms with E-state index >= 15 is 0 Å². The van der Waals surface area contributed by atoms with Crippen molar-refractivity contribution < 1.29 is 0 Å². The first-order valence-electron chi connectivity index (χ1n) is 6.88. The number of rotatable bonds is 6. The fourth-order valence-electron chi connectivity index (χ4n) is 2.15. The number of nitrogens with zero attached hydrogens (tertiary/aromatic N) is 3. The Bertz CT molecular complexity index is 533. The fourth-order valence-corrected chi connectivity index (χ4v) is 2.27. The summed E-state index contributed by atoms with van der Waals surface area (Å²) in [6.07, 6.45) is 2.46. The molecule has 108 valence electrons. The molecular weight excluding hydrogens is 272 g/mol. The van der Waals surface area contributed by atoms with Crippen molar-refractivity contribution in [2.45, 2.75) is 32.2 Å². The van der Waals surface area contributed by atoms with E-state index in [1.807, 2.05) is 23.9 Å². The lowest BCUT2D eigenvalue weighted by Gasteiger charge is -2.19. The molecule has 0 fully saturated rings. The van der Waals surface area contributed by atoms with Crippen LogP contribution in [0.3, 0.4) is 0 Å². The molecule has 0 spiro atoms. The highest BCUT2D eigenvalue weighted by Crippen LogP contribution is 2.21. The molecule has 0 amide bonds. The number of aromatic nitrogens is 3. The van der Waals surface area contributed by atoms with Crippen molar-refractivity contribution in [3.8, 4) is 0 Å². The largest absolute Gasteiger partial charge is 0.314 e. The number of aryl methyl sites for hydroxylation is 1. The van der Waals surface area contributed by atoms with Crippen LogP contribution in [0.4, 0.5) is 0 Å². The molecule has 1 heterocycles. The van der Waals surface area contributed by atoms with Gasteiger partial charge < -0.3 is 5.32 Å². The molecule has 0 aliphatic heterocycles. The van der Waals surface area contributed by atoms with E-state index in [1.54, 1.807) is 6.33 Å². The van der Waals surface area contributed by atoms with E-state index < -0.39 is 0 Å². The van der Waals surface area contributed by atoms with E-state index in [4.69, 9.17) is 11.6 Å². The number of hydrogen-bond donors (Lipinski definition) is 1. The van der Waals surface area contributed by atoms with Gasteiger partial charge in [0, 0.05) is 37.0 Å². The molecule has 1 atom stereocenters. The highest BCUT2D eigenvalue weighted by molar-refractivity contribution is 6.30. The smallest absolute Gasteiger partial charge is 0.138 e. The van der Waals surface area contributed by atoms with Gasteiger partial charge in [0.1, 0.15) is 12.2 Å². The van der Waals surface area contributed by atoms with E-state index in [0.29, 0.717) is 12.0 Å². The summed E-state index contributed by atoms with van der Waals surface area (Å²) in [4.78, 5) is 4.32. The second kappa shape index (κ2) is 6.86. The van der Waals surface area contributed by atoms with Gasteiger partial charge in [-0.15, -0.1) is 0 Å². The Morgan fingerprint density at radius 3 is 2.50 bits per heavy atom. The van der Waals surface area contributed by atoms with E-state index in [1.165, 1.54) is 5.56 Å². The summed E-state index contributed by atoms with van der Waals surface area (Å²) < 4.78 is 1.83. The van der Waals surface area contributed by atoms with Crippen molar-refractivity contribution in [2.24, 2.45) is 7.05 Å². The van der Waals surface area contributed by atoms with Crippen LogP contribution in [-0.4, -0.2) is 27.4 Å². The third-order valence-corrected chi connectivity index (χ3v) is 3.60. The summed E-state index contributed by atoms with van der Waals surface area (Å²) in [6, 6.07) is 8.52. The lowest BCUT2D eigenvalue weighted by atomic mass is 9.95. The minimum absolute atomic E-state index is 0.359. The van der Waals surface area contributed by atoms with Crippen LogP contribution in [0, 0.1) is 0 Å². The molecule has 0 aliphatic carbocycles. The number of nitrogens with one attached hydrogen (secondary N) is 1. The highest BCUT2D eigenvalue weighted by Gasteiger charge is 2.15. The highest BCUT2D eigenvalue weighted by atomic mass is 35.5. The van der Waals surface area contributed by atoms with Crippen LogP contribution in [0.25, 0.3) is 0 Å². The molecule has 4 nitrogen and oxygen atoms in total. The average Bonchev–Trinajstić information content (AvgIpc) is 2.81. The first kappa shape index (κ1) is 15.0. The normalized spacial score (nSPS) is 12.8. The van der Waals surface area contributed by atoms with Crippen molar-refractivity contribution in [1.82, 2.24) is 20.1 Å². The summed E-state index contributed by atoms with van der Waals surface area (Å²) in [7, 11) is 1.93. The molecular formula is C15H21ClN4. The van der Waals surface area contributed by atoms with Crippen molar-refractivity contribution in [2.75, 3.05) is 6.54 Å². The van der Waals surface area contributed by atoms with Gasteiger partial charge in [-0.3, -0.25) is 4.68 Å². The SMILES string of the molecule is CC(C)NCC(Cc1ncnn1C)c1ccc(Cl)cc1. The van der Waals surface area contributed by atoms with E-state index in [0.717, 1.165) is 23.8 Å². The maximum absolute atomic E-state index is 5.97. The van der Waals surface area contributed by atoms with Crippen LogP contribution >= 0.6 is 11.6 Å². The summed E-state index contributed by atoms with van der Waals surface area (Å²) in [6.45, 7) is 5.22. The predicted octanol–water partition coefficient (Wildman–Crippen LogP) is 2.79. The third-order valence-electron chi connectivity index (χ3n) is 3.35. The van der Waals surface area contributed by atoms with Crippen LogP contribution in [-0.2, 0) is 13.5 Å². The van der Waals surface area contributed by atoms with Crippen molar-refractivity contribution >= 4 is 11.6 Å². The van der Waals surface area contributed by atoms with Gasteiger partial charge in [-0.2, -0.15) is 5.10 Å². The van der Waals surface area contributed by atoms with Gasteiger partial charge in [0.05, 0.1) is 0 Å². The maximum atomic E-state index is 5.97. The zero-order valence-corrected chi connectivity index (χ0v) is 12.9. The van der Waals surface area contributed by atoms with E-state index in [9.17, 15) is 0 Å². The third kappa shape index (κ3) is 4.05. The molecule has 2 rings (SSSR count). The molecule has 20 heavy (non-hydrogen) atoms. The quantitative estimate of drug-likeness (QED) is 0.890. The van der Waals surface area contributed by atoms with Crippen molar-refractivity contribution in [3.63, 3.8) is 0 Å². The zero-order valence-electron chi connectivity index (χ0n) is 12.2. The number of hydrogen-bond acceptors (Lipinski definition) is 3. The van der Waals surface area contributed by atoms with Gasteiger partial charge in [0.25, 0.3) is 0 Å². The molecule has 0 radical (unpaired) electrons. The molecule has 0 aliphatic rings. The van der Waals surface area contributed by atoms with Crippen LogP contribution in [0.1, 0.15) is 31.2 Å². The second-order valence-corrected chi connectivity index (χ2v) is 5.75. The Balaban J connectivity index is 2.15. The molecule has 2 aromatic rings. The average molecular weight is 293 g/mol. The number of halogens is 1. The Morgan fingerprint density at radius 2 is 1.95 bits per heavy atom. The summed E-state index contributed by atoms with van der Waals surface area (Å²) in [5.74, 6) is 1.35. The Hall–Kier alpha value is -1.39. The lowest BCUT2D eigenvalue weighted by molar-refractivity contribution is 0.513. The Labute approximate surface area is 125 Å². The standard InChI is InChI=1S/C15H21ClN4/c1-11(2)17-9-13(8-15-18-10-19-20(15)3)12-4-6-14(16)7-5-12/h4-7,10-11,13,17H,8-9H2,1-3H3. The van der Waals surface area contributed by atoms with Crippen molar-refractivity contribution in [1.29, 1.82) is 0 Å². The summed E-state index contributed by atoms with van der Waals surface area (Å²) >= 11 is 5.97. The topological polar surface area (TPSA) is 42.7 Å². The first-order chi connectivity index (χ1) is 9.56. The van der Waals surface area contributed by atoms with Crippen molar-refractivity contribution in [3.05, 3.63) is 47.0 Å². The van der Waals surface area contributed by atoms with Gasteiger partial charge in [-0.05, 0) is 17.7 Å². The molecule has 0 bridgehead atoms. The molecule has 1 N–H and O–H groups in total. The van der Waals surface area contributed by atoms with Gasteiger partial charge in [-0.1, -0.05) is 37.6 Å². The zero-order chi connectivity index (χ0) is 14.5. The molecule has 0 saturated heterocycles. The minimum atomic E-state index is 0.359. The molecule has 1 aromatic carbocycles. The van der Waals surface area contributed by atoms with Gasteiger partial charge in [0.15, 0.2) is 0 Å². The second-order valence-electron chi connectivity index (χ2n) is 5.32. The molecule has 0 saturated carbocycles. The van der Waals surface area contributed by atoms with Crippen LogP contribution in [0.2, 0.25) is 5.02 Å². The molecule has 1 unspecified atom stereocenters. The summed E-state index contributed by atoms with van der Waals surface area (Å²) in [5.41, 5.74) is 1.27.